The molecule has 5 aromatic rings. The maximum atomic E-state index is 13.7. The molecule has 1 atom stereocenters. The summed E-state index contributed by atoms with van der Waals surface area (Å²) in [6.07, 6.45) is 0.282. The van der Waals surface area contributed by atoms with Crippen LogP contribution >= 0.6 is 0 Å². The highest BCUT2D eigenvalue weighted by Gasteiger charge is 2.37. The van der Waals surface area contributed by atoms with Crippen molar-refractivity contribution in [2.75, 3.05) is 12.4 Å². The van der Waals surface area contributed by atoms with E-state index < -0.39 is 53.1 Å². The Kier molecular flexibility index (Phi) is 8.76. The van der Waals surface area contributed by atoms with Gasteiger partial charge in [-0.25, -0.2) is 19.2 Å². The highest BCUT2D eigenvalue weighted by Crippen LogP contribution is 2.32. The Balaban J connectivity index is 1.39. The number of methoxy groups -OCH3 is 1. The summed E-state index contributed by atoms with van der Waals surface area (Å²) in [5, 5.41) is 12.9. The van der Waals surface area contributed by atoms with Crippen molar-refractivity contribution >= 4 is 34.6 Å². The predicted octanol–water partition coefficient (Wildman–Crippen LogP) is 4.10. The Labute approximate surface area is 261 Å². The minimum absolute atomic E-state index is 0.0109. The molecule has 0 aliphatic rings. The van der Waals surface area contributed by atoms with Crippen LogP contribution in [0.3, 0.4) is 0 Å². The Morgan fingerprint density at radius 2 is 1.78 bits per heavy atom. The lowest BCUT2D eigenvalue weighted by Gasteiger charge is -2.21. The number of ether oxygens (including phenoxy) is 1. The van der Waals surface area contributed by atoms with Gasteiger partial charge in [-0.05, 0) is 31.9 Å². The van der Waals surface area contributed by atoms with Crippen molar-refractivity contribution in [3.8, 4) is 11.4 Å². The minimum Gasteiger partial charge on any atom is -0.453 e. The maximum Gasteiger partial charge on any atom is 0.411 e. The van der Waals surface area contributed by atoms with Crippen LogP contribution in [0.25, 0.3) is 22.5 Å². The van der Waals surface area contributed by atoms with Crippen LogP contribution in [-0.2, 0) is 21.5 Å². The molecule has 238 valence electrons. The van der Waals surface area contributed by atoms with E-state index in [4.69, 9.17) is 8.83 Å². The summed E-state index contributed by atoms with van der Waals surface area (Å²) >= 11 is 0. The number of hydrogen-bond acceptors (Lipinski definition) is 11. The molecule has 0 spiro atoms. The quantitative estimate of drug-likeness (QED) is 0.212. The van der Waals surface area contributed by atoms with Crippen molar-refractivity contribution in [3.05, 3.63) is 88.6 Å². The standard InChI is InChI=1S/C31H30FN7O7/c1-16(2)23(24(41)26-37-38-29(46-26)31(3,4)28-34-19-12-11-18(32)13-21(19)45-28)36-22(40)15-39-25(17-9-7-6-8-10-17)33-14-20(27(39)42)35-30(43)44-5/h6-14,16,23H,15H2,1-5H3,(H,35,43)(H,36,40)/t23-/m0/s1. The van der Waals surface area contributed by atoms with E-state index in [0.29, 0.717) is 11.1 Å². The summed E-state index contributed by atoms with van der Waals surface area (Å²) in [4.78, 5) is 60.8. The van der Waals surface area contributed by atoms with Gasteiger partial charge in [-0.3, -0.25) is 24.3 Å². The number of rotatable bonds is 10. The molecular formula is C31H30FN7O7. The van der Waals surface area contributed by atoms with E-state index in [-0.39, 0.29) is 34.8 Å². The number of oxazole rings is 1. The molecule has 0 saturated carbocycles. The van der Waals surface area contributed by atoms with Gasteiger partial charge in [0.05, 0.1) is 19.3 Å². The number of fused-ring (bicyclic) bond motifs is 1. The van der Waals surface area contributed by atoms with Gasteiger partial charge in [-0.15, -0.1) is 10.2 Å². The van der Waals surface area contributed by atoms with Gasteiger partial charge < -0.3 is 18.9 Å². The monoisotopic (exact) mass is 631 g/mol. The molecule has 0 unspecified atom stereocenters. The number of amides is 2. The number of nitrogens with zero attached hydrogens (tertiary/aromatic N) is 5. The van der Waals surface area contributed by atoms with E-state index >= 15 is 0 Å². The Morgan fingerprint density at radius 3 is 2.48 bits per heavy atom. The Morgan fingerprint density at radius 1 is 1.04 bits per heavy atom. The molecule has 2 aromatic carbocycles. The van der Waals surface area contributed by atoms with E-state index in [1.165, 1.54) is 24.4 Å². The van der Waals surface area contributed by atoms with Gasteiger partial charge in [0, 0.05) is 11.6 Å². The number of nitrogens with one attached hydrogen (secondary N) is 2. The van der Waals surface area contributed by atoms with Crippen LogP contribution in [-0.4, -0.2) is 55.7 Å². The lowest BCUT2D eigenvalue weighted by Crippen LogP contribution is -2.46. The fourth-order valence-corrected chi connectivity index (χ4v) is 4.57. The van der Waals surface area contributed by atoms with Crippen LogP contribution in [0.2, 0.25) is 0 Å². The van der Waals surface area contributed by atoms with Crippen LogP contribution in [0.5, 0.6) is 0 Å². The van der Waals surface area contributed by atoms with Gasteiger partial charge >= 0.3 is 6.09 Å². The molecule has 0 aliphatic carbocycles. The molecule has 0 aliphatic heterocycles. The highest BCUT2D eigenvalue weighted by molar-refractivity contribution is 5.98. The van der Waals surface area contributed by atoms with Crippen molar-refractivity contribution in [1.82, 2.24) is 30.0 Å². The third-order valence-corrected chi connectivity index (χ3v) is 7.12. The summed E-state index contributed by atoms with van der Waals surface area (Å²) in [7, 11) is 1.14. The Bertz CT molecular complexity index is 1980. The van der Waals surface area contributed by atoms with Crippen molar-refractivity contribution in [2.24, 2.45) is 5.92 Å². The molecular weight excluding hydrogens is 601 g/mol. The van der Waals surface area contributed by atoms with Crippen LogP contribution < -0.4 is 16.2 Å². The number of halogens is 1. The van der Waals surface area contributed by atoms with Gasteiger partial charge in [0.25, 0.3) is 11.4 Å². The van der Waals surface area contributed by atoms with Crippen molar-refractivity contribution in [2.45, 2.75) is 45.7 Å². The van der Waals surface area contributed by atoms with Gasteiger partial charge in [-0.1, -0.05) is 44.2 Å². The van der Waals surface area contributed by atoms with E-state index in [2.05, 4.69) is 35.5 Å². The van der Waals surface area contributed by atoms with Crippen molar-refractivity contribution in [1.29, 1.82) is 0 Å². The van der Waals surface area contributed by atoms with E-state index in [0.717, 1.165) is 11.7 Å². The maximum absolute atomic E-state index is 13.7. The first kappa shape index (κ1) is 31.7. The van der Waals surface area contributed by atoms with E-state index in [1.807, 2.05) is 0 Å². The second-order valence-corrected chi connectivity index (χ2v) is 11.2. The number of carbonyl (C=O) groups excluding carboxylic acids is 3. The Hall–Kier alpha value is -5.73. The average Bonchev–Trinajstić information content (AvgIpc) is 3.70. The molecule has 0 bridgehead atoms. The molecule has 2 N–H and O–H groups in total. The van der Waals surface area contributed by atoms with Gasteiger partial charge in [0.1, 0.15) is 34.8 Å². The minimum atomic E-state index is -1.11. The summed E-state index contributed by atoms with van der Waals surface area (Å²) in [5.74, 6) is -2.29. The molecule has 3 aromatic heterocycles. The van der Waals surface area contributed by atoms with Crippen LogP contribution in [0, 0.1) is 11.7 Å². The molecule has 0 saturated heterocycles. The normalized spacial score (nSPS) is 12.2. The molecule has 14 nitrogen and oxygen atoms in total. The van der Waals surface area contributed by atoms with Crippen molar-refractivity contribution < 1.29 is 32.3 Å². The predicted molar refractivity (Wildman–Crippen MR) is 161 cm³/mol. The molecule has 0 fully saturated rings. The third kappa shape index (κ3) is 6.38. The second-order valence-electron chi connectivity index (χ2n) is 11.2. The SMILES string of the molecule is COC(=O)Nc1cnc(-c2ccccc2)n(CC(=O)N[C@H](C(=O)c2nnc(C(C)(C)c3nc4ccc(F)cc4o3)o2)C(C)C)c1=O. The first-order valence-electron chi connectivity index (χ1n) is 14.1. The zero-order valence-corrected chi connectivity index (χ0v) is 25.5. The van der Waals surface area contributed by atoms with Gasteiger partial charge in [0.15, 0.2) is 5.58 Å². The molecule has 0 radical (unpaired) electrons. The van der Waals surface area contributed by atoms with E-state index in [1.54, 1.807) is 58.0 Å². The molecule has 2 amide bonds. The lowest BCUT2D eigenvalue weighted by atomic mass is 9.93. The van der Waals surface area contributed by atoms with Crippen LogP contribution in [0.4, 0.5) is 14.9 Å². The number of aromatic nitrogens is 5. The largest absolute Gasteiger partial charge is 0.453 e. The number of Topliss-reactive ketones (excluding diaryl/α,β-unsaturated/α-hetero) is 1. The highest BCUT2D eigenvalue weighted by atomic mass is 19.1. The lowest BCUT2D eigenvalue weighted by molar-refractivity contribution is -0.122. The average molecular weight is 632 g/mol. The van der Waals surface area contributed by atoms with Gasteiger partial charge in [0.2, 0.25) is 23.5 Å². The summed E-state index contributed by atoms with van der Waals surface area (Å²) < 4.78 is 30.8. The molecule has 46 heavy (non-hydrogen) atoms. The first-order valence-corrected chi connectivity index (χ1v) is 14.1. The van der Waals surface area contributed by atoms with Crippen LogP contribution in [0.15, 0.2) is 68.4 Å². The zero-order valence-electron chi connectivity index (χ0n) is 25.5. The third-order valence-electron chi connectivity index (χ3n) is 7.12. The number of carbonyl (C=O) groups is 3. The number of benzene rings is 2. The summed E-state index contributed by atoms with van der Waals surface area (Å²) in [6, 6.07) is 11.5. The first-order chi connectivity index (χ1) is 21.9. The molecule has 15 heteroatoms. The fourth-order valence-electron chi connectivity index (χ4n) is 4.57. The fraction of sp³-hybridized carbons (Fsp3) is 0.290. The summed E-state index contributed by atoms with van der Waals surface area (Å²) in [5.41, 5.74) is -0.813. The molecule has 3 heterocycles. The van der Waals surface area contributed by atoms with Crippen molar-refractivity contribution in [3.63, 3.8) is 0 Å². The van der Waals surface area contributed by atoms with E-state index in [9.17, 15) is 23.6 Å². The van der Waals surface area contributed by atoms with Crippen LogP contribution in [0.1, 0.15) is 50.2 Å². The number of hydrogen-bond donors (Lipinski definition) is 2. The number of ketones is 1. The second kappa shape index (κ2) is 12.7. The van der Waals surface area contributed by atoms with Gasteiger partial charge in [-0.2, -0.15) is 0 Å². The zero-order chi connectivity index (χ0) is 33.2. The summed E-state index contributed by atoms with van der Waals surface area (Å²) in [6.45, 7) is 6.27. The molecule has 5 rings (SSSR count). The number of anilines is 1. The topological polar surface area (TPSA) is 184 Å². The smallest absolute Gasteiger partial charge is 0.411 e.